The van der Waals surface area contributed by atoms with Gasteiger partial charge in [0, 0.05) is 22.5 Å². The van der Waals surface area contributed by atoms with Gasteiger partial charge in [-0.05, 0) is 7.05 Å². The average Bonchev–Trinajstić information content (AvgIpc) is 2.09. The zero-order valence-electron chi connectivity index (χ0n) is 7.82. The molecule has 1 heterocycles. The van der Waals surface area contributed by atoms with Crippen LogP contribution in [-0.2, 0) is 0 Å². The van der Waals surface area contributed by atoms with Crippen molar-refractivity contribution in [1.82, 2.24) is 15.2 Å². The van der Waals surface area contributed by atoms with Gasteiger partial charge in [-0.1, -0.05) is 0 Å². The summed E-state index contributed by atoms with van der Waals surface area (Å²) in [4.78, 5) is 2.12. The Morgan fingerprint density at radius 1 is 1.69 bits per heavy atom. The van der Waals surface area contributed by atoms with Crippen molar-refractivity contribution in [3.8, 4) is 0 Å². The van der Waals surface area contributed by atoms with E-state index >= 15 is 0 Å². The molecule has 1 aliphatic rings. The standard InChI is InChI=1S/C7H17N5O.2H2/c1-11-2-3-12(9)6(4-11)7(8)10-5-13;;/h10,13H,2-5,8-9H2,1H3;2*1H/b7-6+;;. The van der Waals surface area contributed by atoms with Crippen LogP contribution in [0.15, 0.2) is 11.5 Å². The van der Waals surface area contributed by atoms with E-state index in [1.54, 1.807) is 5.01 Å². The van der Waals surface area contributed by atoms with E-state index in [4.69, 9.17) is 16.7 Å². The molecule has 0 aromatic rings. The van der Waals surface area contributed by atoms with Gasteiger partial charge in [-0.3, -0.25) is 4.90 Å². The lowest BCUT2D eigenvalue weighted by Crippen LogP contribution is -2.48. The summed E-state index contributed by atoms with van der Waals surface area (Å²) >= 11 is 0. The van der Waals surface area contributed by atoms with Crippen LogP contribution in [0.1, 0.15) is 2.85 Å². The highest BCUT2D eigenvalue weighted by Gasteiger charge is 2.18. The van der Waals surface area contributed by atoms with Crippen LogP contribution in [0.4, 0.5) is 0 Å². The second kappa shape index (κ2) is 4.31. The van der Waals surface area contributed by atoms with E-state index in [9.17, 15) is 0 Å². The Morgan fingerprint density at radius 2 is 2.38 bits per heavy atom. The van der Waals surface area contributed by atoms with Crippen molar-refractivity contribution in [2.24, 2.45) is 11.6 Å². The molecule has 0 spiro atoms. The van der Waals surface area contributed by atoms with E-state index in [1.807, 2.05) is 7.05 Å². The molecule has 13 heavy (non-hydrogen) atoms. The first-order chi connectivity index (χ1) is 6.15. The molecule has 0 aromatic carbocycles. The van der Waals surface area contributed by atoms with Crippen LogP contribution in [0.2, 0.25) is 0 Å². The number of nitrogens with two attached hydrogens (primary N) is 2. The zero-order valence-corrected chi connectivity index (χ0v) is 7.82. The van der Waals surface area contributed by atoms with E-state index in [-0.39, 0.29) is 9.58 Å². The molecule has 80 valence electrons. The topological polar surface area (TPSA) is 90.8 Å². The number of nitrogens with one attached hydrogen (secondary N) is 1. The highest BCUT2D eigenvalue weighted by Crippen LogP contribution is 2.08. The molecule has 0 atom stereocenters. The fourth-order valence-corrected chi connectivity index (χ4v) is 1.27. The van der Waals surface area contributed by atoms with Gasteiger partial charge in [0.25, 0.3) is 0 Å². The normalized spacial score (nSPS) is 23.2. The van der Waals surface area contributed by atoms with Crippen LogP contribution in [0, 0.1) is 0 Å². The summed E-state index contributed by atoms with van der Waals surface area (Å²) in [7, 11) is 2.00. The number of aliphatic hydroxyl groups is 1. The molecule has 1 aliphatic heterocycles. The predicted molar refractivity (Wildman–Crippen MR) is 54.1 cm³/mol. The van der Waals surface area contributed by atoms with E-state index in [2.05, 4.69) is 10.2 Å². The Hall–Kier alpha value is -0.980. The van der Waals surface area contributed by atoms with Crippen LogP contribution in [0.25, 0.3) is 0 Å². The van der Waals surface area contributed by atoms with Gasteiger partial charge in [0.1, 0.15) is 12.6 Å². The lowest BCUT2D eigenvalue weighted by atomic mass is 10.3. The zero-order chi connectivity index (χ0) is 9.84. The molecule has 1 saturated heterocycles. The van der Waals surface area contributed by atoms with Crippen LogP contribution in [-0.4, -0.2) is 48.4 Å². The molecule has 6 nitrogen and oxygen atoms in total. The Kier molecular flexibility index (Phi) is 3.35. The minimum absolute atomic E-state index is 0. The van der Waals surface area contributed by atoms with Gasteiger partial charge < -0.3 is 21.2 Å². The molecule has 0 unspecified atom stereocenters. The van der Waals surface area contributed by atoms with Gasteiger partial charge in [0.2, 0.25) is 0 Å². The highest BCUT2D eigenvalue weighted by atomic mass is 16.3. The summed E-state index contributed by atoms with van der Waals surface area (Å²) in [5.74, 6) is 6.16. The van der Waals surface area contributed by atoms with E-state index in [0.717, 1.165) is 18.8 Å². The molecule has 6 heteroatoms. The second-order valence-electron chi connectivity index (χ2n) is 3.13. The van der Waals surface area contributed by atoms with Crippen molar-refractivity contribution in [3.63, 3.8) is 0 Å². The molecule has 0 saturated carbocycles. The van der Waals surface area contributed by atoms with Gasteiger partial charge in [-0.15, -0.1) is 0 Å². The van der Waals surface area contributed by atoms with Gasteiger partial charge in [0.05, 0.1) is 5.70 Å². The number of piperazine rings is 1. The number of nitrogens with zero attached hydrogens (tertiary/aromatic N) is 2. The van der Waals surface area contributed by atoms with Crippen LogP contribution in [0.5, 0.6) is 0 Å². The third-order valence-electron chi connectivity index (χ3n) is 2.07. The third kappa shape index (κ3) is 2.48. The molecular weight excluding hydrogens is 170 g/mol. The third-order valence-corrected chi connectivity index (χ3v) is 2.07. The molecule has 0 bridgehead atoms. The highest BCUT2D eigenvalue weighted by molar-refractivity contribution is 5.11. The molecule has 6 N–H and O–H groups in total. The van der Waals surface area contributed by atoms with Crippen molar-refractivity contribution in [2.45, 2.75) is 0 Å². The smallest absolute Gasteiger partial charge is 0.120 e. The number of hydrazine groups is 1. The number of rotatable bonds is 2. The molecule has 0 amide bonds. The monoisotopic (exact) mass is 191 g/mol. The van der Waals surface area contributed by atoms with Crippen molar-refractivity contribution >= 4 is 0 Å². The predicted octanol–water partition coefficient (Wildman–Crippen LogP) is -1.73. The first-order valence-corrected chi connectivity index (χ1v) is 4.19. The summed E-state index contributed by atoms with van der Waals surface area (Å²) in [6.45, 7) is 2.20. The minimum Gasteiger partial charge on any atom is -0.384 e. The van der Waals surface area contributed by atoms with Gasteiger partial charge in [-0.2, -0.15) is 0 Å². The van der Waals surface area contributed by atoms with Gasteiger partial charge >= 0.3 is 0 Å². The van der Waals surface area contributed by atoms with E-state index < -0.39 is 0 Å². The number of hydrogen-bond donors (Lipinski definition) is 4. The summed E-state index contributed by atoms with van der Waals surface area (Å²) in [6.07, 6.45) is 0. The molecule has 0 aromatic heterocycles. The average molecular weight is 191 g/mol. The fourth-order valence-electron chi connectivity index (χ4n) is 1.27. The summed E-state index contributed by atoms with van der Waals surface area (Å²) in [6, 6.07) is 0. The van der Waals surface area contributed by atoms with Crippen LogP contribution < -0.4 is 16.9 Å². The summed E-state index contributed by atoms with van der Waals surface area (Å²) in [5, 5.41) is 12.9. The number of hydrogen-bond acceptors (Lipinski definition) is 6. The Labute approximate surface area is 80.7 Å². The molecular formula is C7H21N5O. The van der Waals surface area contributed by atoms with Gasteiger partial charge in [0.15, 0.2) is 0 Å². The maximum Gasteiger partial charge on any atom is 0.120 e. The lowest BCUT2D eigenvalue weighted by molar-refractivity contribution is 0.198. The number of aliphatic hydroxyl groups excluding tert-OH is 1. The van der Waals surface area contributed by atoms with Crippen molar-refractivity contribution in [2.75, 3.05) is 33.4 Å². The quantitative estimate of drug-likeness (QED) is 0.306. The second-order valence-corrected chi connectivity index (χ2v) is 3.13. The van der Waals surface area contributed by atoms with Gasteiger partial charge in [-0.25, -0.2) is 5.84 Å². The molecule has 1 rings (SSSR count). The summed E-state index contributed by atoms with van der Waals surface area (Å²) in [5.41, 5.74) is 6.49. The van der Waals surface area contributed by atoms with Crippen molar-refractivity contribution < 1.29 is 7.96 Å². The summed E-state index contributed by atoms with van der Waals surface area (Å²) < 4.78 is 0. The number of likely N-dealkylation sites (N-methyl/N-ethyl adjacent to an activating group) is 1. The van der Waals surface area contributed by atoms with Crippen molar-refractivity contribution in [3.05, 3.63) is 11.5 Å². The first kappa shape index (κ1) is 10.1. The Morgan fingerprint density at radius 3 is 3.00 bits per heavy atom. The lowest BCUT2D eigenvalue weighted by Gasteiger charge is -2.33. The fraction of sp³-hybridized carbons (Fsp3) is 0.714. The SMILES string of the molecule is CN1CCN(N)/C(=C(\N)NCO)C1.[HH].[HH]. The van der Waals surface area contributed by atoms with Crippen molar-refractivity contribution in [1.29, 1.82) is 0 Å². The maximum absolute atomic E-state index is 8.62. The van der Waals surface area contributed by atoms with E-state index in [0.29, 0.717) is 12.4 Å². The minimum atomic E-state index is -0.174. The van der Waals surface area contributed by atoms with E-state index in [1.165, 1.54) is 0 Å². The Bertz CT molecular complexity index is 214. The van der Waals surface area contributed by atoms with Crippen LogP contribution >= 0.6 is 0 Å². The maximum atomic E-state index is 8.62. The molecule has 0 radical (unpaired) electrons. The van der Waals surface area contributed by atoms with Crippen LogP contribution in [0.3, 0.4) is 0 Å². The molecule has 0 aliphatic carbocycles. The largest absolute Gasteiger partial charge is 0.384 e. The Balaban J connectivity index is 0. The first-order valence-electron chi connectivity index (χ1n) is 4.19. The molecule has 1 fully saturated rings.